The Hall–Kier alpha value is -0.760. The van der Waals surface area contributed by atoms with Gasteiger partial charge >= 0.3 is 0 Å². The van der Waals surface area contributed by atoms with Crippen molar-refractivity contribution in [2.45, 2.75) is 33.2 Å². The van der Waals surface area contributed by atoms with Crippen molar-refractivity contribution in [1.29, 1.82) is 0 Å². The van der Waals surface area contributed by atoms with Crippen LogP contribution in [0.4, 0.5) is 0 Å². The van der Waals surface area contributed by atoms with E-state index in [0.29, 0.717) is 0 Å². The van der Waals surface area contributed by atoms with Crippen LogP contribution in [0.5, 0.6) is 0 Å². The summed E-state index contributed by atoms with van der Waals surface area (Å²) in [4.78, 5) is 0. The van der Waals surface area contributed by atoms with E-state index in [0.717, 1.165) is 4.47 Å². The van der Waals surface area contributed by atoms with Gasteiger partial charge in [0.25, 0.3) is 0 Å². The van der Waals surface area contributed by atoms with E-state index in [1.807, 2.05) is 0 Å². The van der Waals surface area contributed by atoms with Gasteiger partial charge in [0.2, 0.25) is 0 Å². The fourth-order valence-electron chi connectivity index (χ4n) is 1.92. The van der Waals surface area contributed by atoms with Crippen LogP contribution in [0, 0.1) is 6.92 Å². The molecular formula is C13H16BrN. The fourth-order valence-corrected chi connectivity index (χ4v) is 2.28. The Labute approximate surface area is 99.2 Å². The van der Waals surface area contributed by atoms with Gasteiger partial charge in [-0.15, -0.1) is 0 Å². The highest BCUT2D eigenvalue weighted by Crippen LogP contribution is 2.29. The minimum absolute atomic E-state index is 0.139. The van der Waals surface area contributed by atoms with Gasteiger partial charge in [-0.05, 0) is 51.5 Å². The highest BCUT2D eigenvalue weighted by Gasteiger charge is 2.16. The molecule has 1 aromatic heterocycles. The number of nitrogens with zero attached hydrogens (tertiary/aromatic N) is 1. The molecule has 2 heteroatoms. The first-order chi connectivity index (χ1) is 6.89. The maximum absolute atomic E-state index is 3.52. The van der Waals surface area contributed by atoms with E-state index in [-0.39, 0.29) is 5.54 Å². The van der Waals surface area contributed by atoms with Crippen molar-refractivity contribution in [1.82, 2.24) is 4.57 Å². The largest absolute Gasteiger partial charge is 0.342 e. The molecule has 0 aliphatic rings. The second-order valence-electron chi connectivity index (χ2n) is 5.01. The SMILES string of the molecule is Cc1cn(C(C)(C)C)c2ccc(Br)cc12. The van der Waals surface area contributed by atoms with Gasteiger partial charge in [-0.3, -0.25) is 0 Å². The van der Waals surface area contributed by atoms with Crippen molar-refractivity contribution < 1.29 is 0 Å². The van der Waals surface area contributed by atoms with Crippen LogP contribution in [0.2, 0.25) is 0 Å². The molecule has 0 amide bonds. The van der Waals surface area contributed by atoms with Gasteiger partial charge < -0.3 is 4.57 Å². The van der Waals surface area contributed by atoms with Crippen LogP contribution in [0.1, 0.15) is 26.3 Å². The van der Waals surface area contributed by atoms with Crippen molar-refractivity contribution in [3.05, 3.63) is 34.4 Å². The molecular weight excluding hydrogens is 250 g/mol. The van der Waals surface area contributed by atoms with Crippen molar-refractivity contribution in [2.75, 3.05) is 0 Å². The maximum Gasteiger partial charge on any atom is 0.0488 e. The Morgan fingerprint density at radius 1 is 1.20 bits per heavy atom. The van der Waals surface area contributed by atoms with E-state index in [1.54, 1.807) is 0 Å². The molecule has 2 aromatic rings. The van der Waals surface area contributed by atoms with Crippen molar-refractivity contribution >= 4 is 26.8 Å². The molecule has 0 radical (unpaired) electrons. The molecule has 80 valence electrons. The van der Waals surface area contributed by atoms with Crippen LogP contribution in [0.3, 0.4) is 0 Å². The van der Waals surface area contributed by atoms with Crippen molar-refractivity contribution in [3.63, 3.8) is 0 Å². The third kappa shape index (κ3) is 1.83. The van der Waals surface area contributed by atoms with E-state index in [2.05, 4.69) is 72.6 Å². The average molecular weight is 266 g/mol. The average Bonchev–Trinajstić information content (AvgIpc) is 2.43. The third-order valence-electron chi connectivity index (χ3n) is 2.69. The molecule has 0 atom stereocenters. The zero-order valence-corrected chi connectivity index (χ0v) is 11.2. The Morgan fingerprint density at radius 2 is 1.87 bits per heavy atom. The summed E-state index contributed by atoms with van der Waals surface area (Å²) >= 11 is 3.52. The van der Waals surface area contributed by atoms with Crippen molar-refractivity contribution in [2.24, 2.45) is 0 Å². The van der Waals surface area contributed by atoms with Gasteiger partial charge in [-0.2, -0.15) is 0 Å². The smallest absolute Gasteiger partial charge is 0.0488 e. The molecule has 0 aliphatic carbocycles. The number of aromatic nitrogens is 1. The predicted molar refractivity (Wildman–Crippen MR) is 69.4 cm³/mol. The maximum atomic E-state index is 3.52. The highest BCUT2D eigenvalue weighted by atomic mass is 79.9. The summed E-state index contributed by atoms with van der Waals surface area (Å²) in [6.45, 7) is 8.85. The van der Waals surface area contributed by atoms with E-state index in [1.165, 1.54) is 16.5 Å². The highest BCUT2D eigenvalue weighted by molar-refractivity contribution is 9.10. The van der Waals surface area contributed by atoms with Crippen LogP contribution < -0.4 is 0 Å². The van der Waals surface area contributed by atoms with Crippen LogP contribution in [-0.4, -0.2) is 4.57 Å². The molecule has 0 spiro atoms. The normalized spacial score (nSPS) is 12.3. The molecule has 0 saturated carbocycles. The molecule has 0 saturated heterocycles. The number of halogens is 1. The zero-order valence-electron chi connectivity index (χ0n) is 9.63. The molecule has 0 unspecified atom stereocenters. The standard InChI is InChI=1S/C13H16BrN/c1-9-8-15(13(2,3)4)12-6-5-10(14)7-11(9)12/h5-8H,1-4H3. The Morgan fingerprint density at radius 3 is 2.47 bits per heavy atom. The molecule has 0 fully saturated rings. The van der Waals surface area contributed by atoms with Crippen LogP contribution >= 0.6 is 15.9 Å². The van der Waals surface area contributed by atoms with E-state index < -0.39 is 0 Å². The van der Waals surface area contributed by atoms with Crippen molar-refractivity contribution in [3.8, 4) is 0 Å². The number of rotatable bonds is 0. The summed E-state index contributed by atoms with van der Waals surface area (Å²) in [7, 11) is 0. The third-order valence-corrected chi connectivity index (χ3v) is 3.18. The first kappa shape index (κ1) is 10.7. The van der Waals surface area contributed by atoms with Gasteiger partial charge in [0.15, 0.2) is 0 Å². The molecule has 15 heavy (non-hydrogen) atoms. The summed E-state index contributed by atoms with van der Waals surface area (Å²) in [5.41, 5.74) is 2.78. The molecule has 1 heterocycles. The number of hydrogen-bond acceptors (Lipinski definition) is 0. The second kappa shape index (κ2) is 3.38. The number of aryl methyl sites for hydroxylation is 1. The monoisotopic (exact) mass is 265 g/mol. The van der Waals surface area contributed by atoms with Gasteiger partial charge in [0, 0.05) is 27.1 Å². The molecule has 0 aliphatic heterocycles. The van der Waals surface area contributed by atoms with Gasteiger partial charge in [0.1, 0.15) is 0 Å². The molecule has 0 N–H and O–H groups in total. The Bertz CT molecular complexity index is 503. The minimum atomic E-state index is 0.139. The quantitative estimate of drug-likeness (QED) is 0.663. The van der Waals surface area contributed by atoms with Crippen LogP contribution in [0.25, 0.3) is 10.9 Å². The lowest BCUT2D eigenvalue weighted by atomic mass is 10.1. The lowest BCUT2D eigenvalue weighted by Crippen LogP contribution is -2.20. The predicted octanol–water partition coefficient (Wildman–Crippen LogP) is 4.47. The van der Waals surface area contributed by atoms with E-state index in [4.69, 9.17) is 0 Å². The minimum Gasteiger partial charge on any atom is -0.342 e. The summed E-state index contributed by atoms with van der Waals surface area (Å²) in [5, 5.41) is 1.33. The van der Waals surface area contributed by atoms with E-state index >= 15 is 0 Å². The van der Waals surface area contributed by atoms with Gasteiger partial charge in [-0.25, -0.2) is 0 Å². The number of hydrogen-bond donors (Lipinski definition) is 0. The lowest BCUT2D eigenvalue weighted by molar-refractivity contribution is 0.410. The zero-order chi connectivity index (χ0) is 11.2. The van der Waals surface area contributed by atoms with Gasteiger partial charge in [0.05, 0.1) is 0 Å². The second-order valence-corrected chi connectivity index (χ2v) is 5.93. The van der Waals surface area contributed by atoms with Gasteiger partial charge in [-0.1, -0.05) is 15.9 Å². The number of benzene rings is 1. The fraction of sp³-hybridized carbons (Fsp3) is 0.385. The summed E-state index contributed by atoms with van der Waals surface area (Å²) in [6, 6.07) is 6.47. The summed E-state index contributed by atoms with van der Waals surface area (Å²) in [6.07, 6.45) is 2.23. The van der Waals surface area contributed by atoms with Crippen LogP contribution in [-0.2, 0) is 5.54 Å². The molecule has 1 aromatic carbocycles. The van der Waals surface area contributed by atoms with Crippen LogP contribution in [0.15, 0.2) is 28.9 Å². The number of fused-ring (bicyclic) bond motifs is 1. The first-order valence-corrected chi connectivity index (χ1v) is 5.96. The summed E-state index contributed by atoms with van der Waals surface area (Å²) < 4.78 is 3.48. The Balaban J connectivity index is 2.79. The van der Waals surface area contributed by atoms with E-state index in [9.17, 15) is 0 Å². The molecule has 1 nitrogen and oxygen atoms in total. The lowest BCUT2D eigenvalue weighted by Gasteiger charge is -2.22. The molecule has 2 rings (SSSR count). The summed E-state index contributed by atoms with van der Waals surface area (Å²) in [5.74, 6) is 0. The molecule has 0 bridgehead atoms. The Kier molecular flexibility index (Phi) is 2.42. The topological polar surface area (TPSA) is 4.93 Å². The first-order valence-electron chi connectivity index (χ1n) is 5.17.